The van der Waals surface area contributed by atoms with Crippen LogP contribution < -0.4 is 10.5 Å². The number of aromatic nitrogens is 1. The van der Waals surface area contributed by atoms with Gasteiger partial charge in [0.05, 0.1) is 12.2 Å². The predicted octanol–water partition coefficient (Wildman–Crippen LogP) is 3.60. The third-order valence-corrected chi connectivity index (χ3v) is 5.43. The van der Waals surface area contributed by atoms with Crippen LogP contribution in [0, 0.1) is 5.92 Å². The first-order chi connectivity index (χ1) is 12.6. The Morgan fingerprint density at radius 2 is 2.04 bits per heavy atom. The number of hydrogen-bond donors (Lipinski definition) is 1. The van der Waals surface area contributed by atoms with Crippen LogP contribution in [0.3, 0.4) is 0 Å². The lowest BCUT2D eigenvalue weighted by Gasteiger charge is -2.33. The second kappa shape index (κ2) is 6.63. The molecule has 1 aromatic rings. The van der Waals surface area contributed by atoms with E-state index in [1.54, 1.807) is 0 Å². The fourth-order valence-corrected chi connectivity index (χ4v) is 4.24. The number of fused-ring (bicyclic) bond motifs is 2. The summed E-state index contributed by atoms with van der Waals surface area (Å²) in [7, 11) is 0. The van der Waals surface area contributed by atoms with Crippen LogP contribution in [-0.2, 0) is 22.4 Å². The highest BCUT2D eigenvalue weighted by atomic mass is 16.5. The lowest BCUT2D eigenvalue weighted by atomic mass is 9.77. The van der Waals surface area contributed by atoms with E-state index in [-0.39, 0.29) is 17.8 Å². The first-order valence-electron chi connectivity index (χ1n) is 9.33. The van der Waals surface area contributed by atoms with Gasteiger partial charge in [-0.3, -0.25) is 0 Å². The van der Waals surface area contributed by atoms with Gasteiger partial charge in [0, 0.05) is 28.8 Å². The number of esters is 1. The lowest BCUT2D eigenvalue weighted by Crippen LogP contribution is -2.28. The standard InChI is InChI=1S/C21H24N2O3/c1-3-25-21(24)16-12(2)26-20-18(17(16)13-8-4-5-9-13)19(22)14-10-6-7-11-15(14)23-20/h4-5,8-9,13,17H,3,6-7,10-11H2,1-2H3,(H2,22,23). The molecule has 0 fully saturated rings. The van der Waals surface area contributed by atoms with Gasteiger partial charge in [-0.15, -0.1) is 0 Å². The van der Waals surface area contributed by atoms with Gasteiger partial charge in [0.1, 0.15) is 5.76 Å². The van der Waals surface area contributed by atoms with Crippen LogP contribution >= 0.6 is 0 Å². The molecule has 2 heterocycles. The highest BCUT2D eigenvalue weighted by molar-refractivity contribution is 5.92. The number of carbonyl (C=O) groups excluding carboxylic acids is 1. The largest absolute Gasteiger partial charge is 0.463 e. The lowest BCUT2D eigenvalue weighted by molar-refractivity contribution is -0.139. The number of nitrogens with zero attached hydrogens (tertiary/aromatic N) is 1. The second-order valence-corrected chi connectivity index (χ2v) is 6.99. The minimum Gasteiger partial charge on any atom is -0.463 e. The molecule has 5 heteroatoms. The van der Waals surface area contributed by atoms with Gasteiger partial charge in [0.2, 0.25) is 5.88 Å². The summed E-state index contributed by atoms with van der Waals surface area (Å²) in [6.07, 6.45) is 12.3. The molecule has 0 aromatic carbocycles. The number of nitrogen functional groups attached to an aromatic ring is 1. The maximum absolute atomic E-state index is 12.7. The van der Waals surface area contributed by atoms with E-state index in [0.29, 0.717) is 23.8 Å². The Morgan fingerprint density at radius 1 is 1.31 bits per heavy atom. The van der Waals surface area contributed by atoms with Gasteiger partial charge in [0.25, 0.3) is 0 Å². The molecule has 1 unspecified atom stereocenters. The third kappa shape index (κ3) is 2.62. The van der Waals surface area contributed by atoms with Crippen molar-refractivity contribution in [1.82, 2.24) is 4.98 Å². The van der Waals surface area contributed by atoms with E-state index >= 15 is 0 Å². The van der Waals surface area contributed by atoms with Crippen LogP contribution in [0.25, 0.3) is 0 Å². The molecule has 4 rings (SSSR count). The van der Waals surface area contributed by atoms with Crippen LogP contribution in [0.5, 0.6) is 5.88 Å². The van der Waals surface area contributed by atoms with Crippen molar-refractivity contribution in [2.75, 3.05) is 12.3 Å². The zero-order valence-electron chi connectivity index (χ0n) is 15.2. The second-order valence-electron chi connectivity index (χ2n) is 6.99. The van der Waals surface area contributed by atoms with Gasteiger partial charge in [0.15, 0.2) is 0 Å². The number of rotatable bonds is 3. The molecule has 136 valence electrons. The normalized spacial score (nSPS) is 21.4. The van der Waals surface area contributed by atoms with Crippen LogP contribution in [0.2, 0.25) is 0 Å². The summed E-state index contributed by atoms with van der Waals surface area (Å²) in [6.45, 7) is 3.94. The van der Waals surface area contributed by atoms with Crippen molar-refractivity contribution in [3.05, 3.63) is 52.5 Å². The Bertz CT molecular complexity index is 839. The number of hydrogen-bond acceptors (Lipinski definition) is 5. The van der Waals surface area contributed by atoms with Crippen molar-refractivity contribution in [3.63, 3.8) is 0 Å². The Morgan fingerprint density at radius 3 is 2.77 bits per heavy atom. The van der Waals surface area contributed by atoms with Gasteiger partial charge < -0.3 is 15.2 Å². The molecule has 0 amide bonds. The number of anilines is 1. The molecule has 26 heavy (non-hydrogen) atoms. The molecule has 1 aliphatic heterocycles. The summed E-state index contributed by atoms with van der Waals surface area (Å²) in [5, 5.41) is 0. The number of ether oxygens (including phenoxy) is 2. The first-order valence-corrected chi connectivity index (χ1v) is 9.33. The fraction of sp³-hybridized carbons (Fsp3) is 0.429. The number of nitrogens with two attached hydrogens (primary N) is 1. The van der Waals surface area contributed by atoms with Crippen molar-refractivity contribution in [1.29, 1.82) is 0 Å². The first kappa shape index (κ1) is 16.9. The molecule has 2 aliphatic carbocycles. The van der Waals surface area contributed by atoms with Crippen LogP contribution in [0.15, 0.2) is 35.6 Å². The molecule has 1 aromatic heterocycles. The Balaban J connectivity index is 1.90. The molecule has 5 nitrogen and oxygen atoms in total. The minimum absolute atomic E-state index is 0.0396. The molecule has 3 aliphatic rings. The Hall–Kier alpha value is -2.56. The summed E-state index contributed by atoms with van der Waals surface area (Å²) in [4.78, 5) is 17.5. The zero-order valence-corrected chi connectivity index (χ0v) is 15.2. The van der Waals surface area contributed by atoms with E-state index in [4.69, 9.17) is 20.2 Å². The van der Waals surface area contributed by atoms with Crippen molar-refractivity contribution < 1.29 is 14.3 Å². The maximum atomic E-state index is 12.7. The van der Waals surface area contributed by atoms with E-state index in [1.807, 2.05) is 26.0 Å². The highest BCUT2D eigenvalue weighted by Crippen LogP contribution is 2.49. The molecule has 2 N–H and O–H groups in total. The van der Waals surface area contributed by atoms with Gasteiger partial charge in [-0.2, -0.15) is 0 Å². The van der Waals surface area contributed by atoms with Gasteiger partial charge in [-0.05, 0) is 45.1 Å². The van der Waals surface area contributed by atoms with Crippen molar-refractivity contribution in [2.45, 2.75) is 45.4 Å². The van der Waals surface area contributed by atoms with Crippen molar-refractivity contribution in [2.24, 2.45) is 5.92 Å². The zero-order chi connectivity index (χ0) is 18.3. The third-order valence-electron chi connectivity index (χ3n) is 5.43. The average Bonchev–Trinajstić information content (AvgIpc) is 3.15. The van der Waals surface area contributed by atoms with E-state index < -0.39 is 0 Å². The summed E-state index contributed by atoms with van der Waals surface area (Å²) < 4.78 is 11.3. The SMILES string of the molecule is CCOC(=O)C1=C(C)Oc2nc3c(c(N)c2C1C1C=CC=C1)CCCC3. The molecule has 0 spiro atoms. The molecule has 1 atom stereocenters. The van der Waals surface area contributed by atoms with Gasteiger partial charge in [-0.1, -0.05) is 24.3 Å². The predicted molar refractivity (Wildman–Crippen MR) is 99.8 cm³/mol. The van der Waals surface area contributed by atoms with Crippen molar-refractivity contribution in [3.8, 4) is 5.88 Å². The Kier molecular flexibility index (Phi) is 4.31. The van der Waals surface area contributed by atoms with E-state index in [0.717, 1.165) is 48.2 Å². The Labute approximate surface area is 153 Å². The monoisotopic (exact) mass is 352 g/mol. The summed E-state index contributed by atoms with van der Waals surface area (Å²) in [5.41, 5.74) is 10.9. The maximum Gasteiger partial charge on any atom is 0.338 e. The highest BCUT2D eigenvalue weighted by Gasteiger charge is 2.40. The number of pyridine rings is 1. The summed E-state index contributed by atoms with van der Waals surface area (Å²) in [5.74, 6) is 0.571. The summed E-state index contributed by atoms with van der Waals surface area (Å²) in [6, 6.07) is 0. The average molecular weight is 352 g/mol. The van der Waals surface area contributed by atoms with Crippen LogP contribution in [-0.4, -0.2) is 17.6 Å². The molecule has 0 radical (unpaired) electrons. The molecule has 0 saturated carbocycles. The smallest absolute Gasteiger partial charge is 0.338 e. The van der Waals surface area contributed by atoms with Crippen LogP contribution in [0.4, 0.5) is 5.69 Å². The quantitative estimate of drug-likeness (QED) is 0.841. The minimum atomic E-state index is -0.341. The molecule has 0 bridgehead atoms. The van der Waals surface area contributed by atoms with Crippen molar-refractivity contribution >= 4 is 11.7 Å². The fourth-order valence-electron chi connectivity index (χ4n) is 4.24. The molecular formula is C21H24N2O3. The van der Waals surface area contributed by atoms with Gasteiger partial charge in [-0.25, -0.2) is 9.78 Å². The van der Waals surface area contributed by atoms with E-state index in [1.165, 1.54) is 0 Å². The van der Waals surface area contributed by atoms with E-state index in [9.17, 15) is 4.79 Å². The number of carbonyl (C=O) groups is 1. The molecular weight excluding hydrogens is 328 g/mol. The van der Waals surface area contributed by atoms with Gasteiger partial charge >= 0.3 is 5.97 Å². The van der Waals surface area contributed by atoms with Crippen LogP contribution in [0.1, 0.15) is 49.4 Å². The van der Waals surface area contributed by atoms with E-state index in [2.05, 4.69) is 12.2 Å². The topological polar surface area (TPSA) is 74.4 Å². The summed E-state index contributed by atoms with van der Waals surface area (Å²) >= 11 is 0. The number of aryl methyl sites for hydroxylation is 1. The molecule has 0 saturated heterocycles. The number of allylic oxidation sites excluding steroid dienone is 5.